The standard InChI is InChI=1S/C14H7N3O3/c18-14-8-2-1-3-11-12(8)13(15-16-14)9-6-7(17-19)4-5-10(9)20-11/h1-6H,(H,16,18). The first-order valence-corrected chi connectivity index (χ1v) is 5.95. The molecule has 0 unspecified atom stereocenters. The summed E-state index contributed by atoms with van der Waals surface area (Å²) in [6.07, 6.45) is 0. The second kappa shape index (κ2) is 3.74. The zero-order valence-electron chi connectivity index (χ0n) is 10.1. The van der Waals surface area contributed by atoms with Crippen LogP contribution in [0.15, 0.2) is 46.4 Å². The number of aromatic nitrogens is 2. The Morgan fingerprint density at radius 2 is 2.05 bits per heavy atom. The van der Waals surface area contributed by atoms with Gasteiger partial charge in [0.2, 0.25) is 0 Å². The van der Waals surface area contributed by atoms with Gasteiger partial charge < -0.3 is 4.74 Å². The molecular formula is C14H7N3O3. The van der Waals surface area contributed by atoms with Gasteiger partial charge in [0, 0.05) is 5.56 Å². The van der Waals surface area contributed by atoms with Crippen LogP contribution in [0.3, 0.4) is 0 Å². The van der Waals surface area contributed by atoms with Gasteiger partial charge in [-0.05, 0) is 35.5 Å². The van der Waals surface area contributed by atoms with Crippen molar-refractivity contribution < 1.29 is 4.74 Å². The second-order valence-electron chi connectivity index (χ2n) is 4.45. The number of hydrogen-bond acceptors (Lipinski definition) is 5. The molecule has 1 N–H and O–H groups in total. The largest absolute Gasteiger partial charge is 0.456 e. The highest BCUT2D eigenvalue weighted by Gasteiger charge is 2.22. The van der Waals surface area contributed by atoms with Crippen molar-refractivity contribution in [3.05, 3.63) is 51.7 Å². The molecule has 6 nitrogen and oxygen atoms in total. The van der Waals surface area contributed by atoms with Gasteiger partial charge in [-0.25, -0.2) is 5.10 Å². The highest BCUT2D eigenvalue weighted by molar-refractivity contribution is 6.01. The Morgan fingerprint density at radius 3 is 2.90 bits per heavy atom. The summed E-state index contributed by atoms with van der Waals surface area (Å²) in [6, 6.07) is 10.1. The van der Waals surface area contributed by atoms with Gasteiger partial charge in [0.25, 0.3) is 5.56 Å². The van der Waals surface area contributed by atoms with Crippen molar-refractivity contribution in [3.63, 3.8) is 0 Å². The molecule has 20 heavy (non-hydrogen) atoms. The number of nitrogens with zero attached hydrogens (tertiary/aromatic N) is 2. The lowest BCUT2D eigenvalue weighted by atomic mass is 10.0. The lowest BCUT2D eigenvalue weighted by Gasteiger charge is -2.19. The molecule has 1 aliphatic heterocycles. The van der Waals surface area contributed by atoms with Crippen LogP contribution in [0, 0.1) is 4.91 Å². The van der Waals surface area contributed by atoms with E-state index in [0.29, 0.717) is 33.5 Å². The summed E-state index contributed by atoms with van der Waals surface area (Å²) < 4.78 is 5.77. The molecule has 0 saturated carbocycles. The van der Waals surface area contributed by atoms with E-state index in [4.69, 9.17) is 4.74 Å². The van der Waals surface area contributed by atoms with Gasteiger partial charge in [-0.2, -0.15) is 5.10 Å². The summed E-state index contributed by atoms with van der Waals surface area (Å²) in [6.45, 7) is 0. The first kappa shape index (κ1) is 10.9. The fraction of sp³-hybridized carbons (Fsp3) is 0. The SMILES string of the molecule is O=Nc1ccc2c(c1)-c1n[nH]c(=O)c3cccc(c13)O2. The van der Waals surface area contributed by atoms with Crippen molar-refractivity contribution in [3.8, 4) is 22.8 Å². The summed E-state index contributed by atoms with van der Waals surface area (Å²) in [7, 11) is 0. The molecule has 0 aliphatic carbocycles. The van der Waals surface area contributed by atoms with Crippen LogP contribution in [-0.2, 0) is 0 Å². The Kier molecular flexibility index (Phi) is 2.03. The third-order valence-electron chi connectivity index (χ3n) is 3.32. The van der Waals surface area contributed by atoms with Crippen LogP contribution in [0.5, 0.6) is 11.5 Å². The van der Waals surface area contributed by atoms with E-state index >= 15 is 0 Å². The van der Waals surface area contributed by atoms with Gasteiger partial charge in [0.1, 0.15) is 22.9 Å². The third-order valence-corrected chi connectivity index (χ3v) is 3.32. The molecule has 3 aromatic rings. The molecule has 2 heterocycles. The van der Waals surface area contributed by atoms with Gasteiger partial charge in [0.15, 0.2) is 0 Å². The summed E-state index contributed by atoms with van der Waals surface area (Å²) >= 11 is 0. The van der Waals surface area contributed by atoms with E-state index < -0.39 is 0 Å². The zero-order chi connectivity index (χ0) is 13.7. The zero-order valence-corrected chi connectivity index (χ0v) is 10.1. The smallest absolute Gasteiger partial charge is 0.272 e. The number of fused-ring (bicyclic) bond motifs is 2. The molecule has 0 spiro atoms. The number of rotatable bonds is 1. The number of benzene rings is 2. The maximum atomic E-state index is 11.8. The first-order chi connectivity index (χ1) is 9.78. The van der Waals surface area contributed by atoms with Crippen LogP contribution in [0.25, 0.3) is 22.0 Å². The number of hydrogen-bond donors (Lipinski definition) is 1. The molecule has 0 saturated heterocycles. The fourth-order valence-corrected chi connectivity index (χ4v) is 2.43. The Labute approximate surface area is 112 Å². The van der Waals surface area contributed by atoms with E-state index in [-0.39, 0.29) is 11.2 Å². The molecule has 0 atom stereocenters. The Balaban J connectivity index is 2.18. The molecular weight excluding hydrogens is 258 g/mol. The lowest BCUT2D eigenvalue weighted by molar-refractivity contribution is 0.486. The molecule has 0 bridgehead atoms. The van der Waals surface area contributed by atoms with Crippen molar-refractivity contribution in [1.29, 1.82) is 0 Å². The summed E-state index contributed by atoms with van der Waals surface area (Å²) in [5, 5.41) is 10.6. The minimum atomic E-state index is -0.276. The molecule has 96 valence electrons. The summed E-state index contributed by atoms with van der Waals surface area (Å²) in [5.74, 6) is 1.16. The highest BCUT2D eigenvalue weighted by Crippen LogP contribution is 2.45. The van der Waals surface area contributed by atoms with E-state index in [1.807, 2.05) is 0 Å². The monoisotopic (exact) mass is 265 g/mol. The van der Waals surface area contributed by atoms with Crippen LogP contribution < -0.4 is 10.3 Å². The van der Waals surface area contributed by atoms with Crippen LogP contribution in [-0.4, -0.2) is 10.2 Å². The van der Waals surface area contributed by atoms with Crippen LogP contribution in [0.1, 0.15) is 0 Å². The topological polar surface area (TPSA) is 84.4 Å². The van der Waals surface area contributed by atoms with E-state index in [9.17, 15) is 9.70 Å². The summed E-state index contributed by atoms with van der Waals surface area (Å²) in [5.41, 5.74) is 1.24. The van der Waals surface area contributed by atoms with Crippen LogP contribution in [0.2, 0.25) is 0 Å². The Bertz CT molecular complexity index is 931. The molecule has 0 amide bonds. The minimum Gasteiger partial charge on any atom is -0.456 e. The van der Waals surface area contributed by atoms with Crippen molar-refractivity contribution in [2.45, 2.75) is 0 Å². The molecule has 6 heteroatoms. The lowest BCUT2D eigenvalue weighted by Crippen LogP contribution is -2.11. The Morgan fingerprint density at radius 1 is 1.15 bits per heavy atom. The average molecular weight is 265 g/mol. The average Bonchev–Trinajstić information content (AvgIpc) is 2.49. The number of H-pyrrole nitrogens is 1. The number of nitroso groups, excluding NO2 is 1. The van der Waals surface area contributed by atoms with Crippen molar-refractivity contribution in [2.24, 2.45) is 5.18 Å². The normalized spacial score (nSPS) is 11.8. The predicted molar refractivity (Wildman–Crippen MR) is 73.3 cm³/mol. The van der Waals surface area contributed by atoms with E-state index in [2.05, 4.69) is 15.4 Å². The first-order valence-electron chi connectivity index (χ1n) is 5.95. The van der Waals surface area contributed by atoms with Crippen molar-refractivity contribution in [1.82, 2.24) is 10.2 Å². The number of ether oxygens (including phenoxy) is 1. The van der Waals surface area contributed by atoms with E-state index in [1.54, 1.807) is 36.4 Å². The van der Waals surface area contributed by atoms with Gasteiger partial charge >= 0.3 is 0 Å². The highest BCUT2D eigenvalue weighted by atomic mass is 16.5. The van der Waals surface area contributed by atoms with Crippen LogP contribution >= 0.6 is 0 Å². The van der Waals surface area contributed by atoms with Gasteiger partial charge in [-0.15, -0.1) is 4.91 Å². The molecule has 1 aromatic heterocycles. The molecule has 0 fully saturated rings. The van der Waals surface area contributed by atoms with E-state index in [1.165, 1.54) is 0 Å². The number of nitrogens with one attached hydrogen (secondary N) is 1. The molecule has 0 radical (unpaired) electrons. The quantitative estimate of drug-likeness (QED) is 0.536. The number of aromatic amines is 1. The minimum absolute atomic E-state index is 0.276. The maximum absolute atomic E-state index is 11.8. The van der Waals surface area contributed by atoms with Crippen molar-refractivity contribution >= 4 is 16.5 Å². The molecule has 4 rings (SSSR count). The molecule has 2 aromatic carbocycles. The van der Waals surface area contributed by atoms with Crippen molar-refractivity contribution in [2.75, 3.05) is 0 Å². The fourth-order valence-electron chi connectivity index (χ4n) is 2.43. The maximum Gasteiger partial charge on any atom is 0.272 e. The second-order valence-corrected chi connectivity index (χ2v) is 4.45. The molecule has 1 aliphatic rings. The van der Waals surface area contributed by atoms with E-state index in [0.717, 1.165) is 0 Å². The predicted octanol–water partition coefficient (Wildman–Crippen LogP) is 3.09. The van der Waals surface area contributed by atoms with Crippen LogP contribution in [0.4, 0.5) is 5.69 Å². The van der Waals surface area contributed by atoms with Gasteiger partial charge in [0.05, 0.1) is 10.8 Å². The third kappa shape index (κ3) is 1.33. The Hall–Kier alpha value is -3.02. The van der Waals surface area contributed by atoms with Gasteiger partial charge in [-0.1, -0.05) is 6.07 Å². The van der Waals surface area contributed by atoms with Gasteiger partial charge in [-0.3, -0.25) is 4.79 Å². The summed E-state index contributed by atoms with van der Waals surface area (Å²) in [4.78, 5) is 22.5.